The molecule has 0 radical (unpaired) electrons. The summed E-state index contributed by atoms with van der Waals surface area (Å²) in [6, 6.07) is -0.497. The van der Waals surface area contributed by atoms with Crippen LogP contribution in [0, 0.1) is 0 Å². The van der Waals surface area contributed by atoms with Crippen molar-refractivity contribution in [2.24, 2.45) is 0 Å². The topological polar surface area (TPSA) is 65.5 Å². The van der Waals surface area contributed by atoms with Gasteiger partial charge in [0, 0.05) is 18.5 Å². The van der Waals surface area contributed by atoms with Crippen LogP contribution in [-0.2, 0) is 12.7 Å². The molecule has 0 unspecified atom stereocenters. The van der Waals surface area contributed by atoms with E-state index in [1.54, 1.807) is 0 Å². The van der Waals surface area contributed by atoms with Gasteiger partial charge in [0.2, 0.25) is 0 Å². The summed E-state index contributed by atoms with van der Waals surface area (Å²) in [6.45, 7) is 3.51. The molecule has 2 amide bonds. The minimum Gasteiger partial charge on any atom is -0.395 e. The molecular formula is C11H14F3N3O2S. The van der Waals surface area contributed by atoms with E-state index in [1.165, 1.54) is 11.0 Å². The summed E-state index contributed by atoms with van der Waals surface area (Å²) < 4.78 is 37.0. The molecule has 0 aliphatic heterocycles. The number of nitrogens with one attached hydrogen (secondary N) is 1. The monoisotopic (exact) mass is 309 g/mol. The molecule has 112 valence electrons. The van der Waals surface area contributed by atoms with Gasteiger partial charge in [0.1, 0.15) is 5.01 Å². The minimum absolute atomic E-state index is 0.0986. The first-order valence-electron chi connectivity index (χ1n) is 5.64. The number of hydrogen-bond acceptors (Lipinski definition) is 4. The van der Waals surface area contributed by atoms with E-state index in [0.29, 0.717) is 0 Å². The van der Waals surface area contributed by atoms with E-state index in [4.69, 9.17) is 5.11 Å². The molecule has 9 heteroatoms. The third kappa shape index (κ3) is 4.82. The molecule has 1 aromatic heterocycles. The quantitative estimate of drug-likeness (QED) is 0.788. The van der Waals surface area contributed by atoms with Crippen LogP contribution in [0.4, 0.5) is 18.0 Å². The molecule has 0 bridgehead atoms. The van der Waals surface area contributed by atoms with E-state index >= 15 is 0 Å². The normalized spacial score (nSPS) is 11.2. The number of carbonyl (C=O) groups is 1. The number of rotatable bonds is 6. The Bertz CT molecular complexity index is 462. The Labute approximate surface area is 117 Å². The zero-order valence-electron chi connectivity index (χ0n) is 10.5. The van der Waals surface area contributed by atoms with Crippen molar-refractivity contribution >= 4 is 17.4 Å². The van der Waals surface area contributed by atoms with E-state index in [0.717, 1.165) is 16.7 Å². The van der Waals surface area contributed by atoms with Gasteiger partial charge in [-0.15, -0.1) is 17.9 Å². The SMILES string of the molecule is C=CCN(CCO)C(=O)NCc1nc(C(F)(F)F)cs1. The average Bonchev–Trinajstić information content (AvgIpc) is 2.84. The van der Waals surface area contributed by atoms with E-state index in [-0.39, 0.29) is 31.2 Å². The summed E-state index contributed by atoms with van der Waals surface area (Å²) in [7, 11) is 0. The molecule has 0 saturated carbocycles. The van der Waals surface area contributed by atoms with Crippen LogP contribution < -0.4 is 5.32 Å². The molecule has 0 atom stereocenters. The van der Waals surface area contributed by atoms with Gasteiger partial charge in [0.15, 0.2) is 5.69 Å². The van der Waals surface area contributed by atoms with Crippen molar-refractivity contribution in [3.63, 3.8) is 0 Å². The van der Waals surface area contributed by atoms with Crippen molar-refractivity contribution in [2.45, 2.75) is 12.7 Å². The lowest BCUT2D eigenvalue weighted by Crippen LogP contribution is -2.41. The van der Waals surface area contributed by atoms with Crippen molar-refractivity contribution in [1.29, 1.82) is 0 Å². The highest BCUT2D eigenvalue weighted by atomic mass is 32.1. The number of aliphatic hydroxyl groups excluding tert-OH is 1. The number of hydrogen-bond donors (Lipinski definition) is 2. The molecule has 1 heterocycles. The Balaban J connectivity index is 2.55. The summed E-state index contributed by atoms with van der Waals surface area (Å²) >= 11 is 0.823. The zero-order valence-corrected chi connectivity index (χ0v) is 11.3. The Kier molecular flexibility index (Phi) is 5.96. The fourth-order valence-corrected chi connectivity index (χ4v) is 2.08. The minimum atomic E-state index is -4.48. The summed E-state index contributed by atoms with van der Waals surface area (Å²) in [5, 5.41) is 12.3. The van der Waals surface area contributed by atoms with Gasteiger partial charge in [-0.05, 0) is 0 Å². The predicted octanol–water partition coefficient (Wildman–Crippen LogP) is 1.85. The Morgan fingerprint density at radius 3 is 2.80 bits per heavy atom. The molecule has 0 aliphatic rings. The van der Waals surface area contributed by atoms with Crippen LogP contribution in [0.15, 0.2) is 18.0 Å². The Hall–Kier alpha value is -1.61. The molecule has 20 heavy (non-hydrogen) atoms. The lowest BCUT2D eigenvalue weighted by Gasteiger charge is -2.20. The second kappa shape index (κ2) is 7.25. The molecule has 1 rings (SSSR count). The maximum atomic E-state index is 12.3. The molecule has 0 spiro atoms. The molecule has 0 aliphatic carbocycles. The number of aliphatic hydroxyl groups is 1. The van der Waals surface area contributed by atoms with Crippen molar-refractivity contribution in [1.82, 2.24) is 15.2 Å². The number of carbonyl (C=O) groups excluding carboxylic acids is 1. The second-order valence-corrected chi connectivity index (χ2v) is 4.68. The van der Waals surface area contributed by atoms with Crippen LogP contribution in [0.25, 0.3) is 0 Å². The standard InChI is InChI=1S/C11H14F3N3O2S/c1-2-3-17(4-5-18)10(19)15-6-9-16-8(7-20-9)11(12,13)14/h2,7,18H,1,3-6H2,(H,15,19). The van der Waals surface area contributed by atoms with Crippen LogP contribution >= 0.6 is 11.3 Å². The fraction of sp³-hybridized carbons (Fsp3) is 0.455. The molecule has 2 N–H and O–H groups in total. The fourth-order valence-electron chi connectivity index (χ4n) is 1.34. The van der Waals surface area contributed by atoms with Gasteiger partial charge in [0.05, 0.1) is 13.2 Å². The predicted molar refractivity (Wildman–Crippen MR) is 68.2 cm³/mol. The van der Waals surface area contributed by atoms with Crippen LogP contribution in [0.3, 0.4) is 0 Å². The van der Waals surface area contributed by atoms with Crippen molar-refractivity contribution in [3.05, 3.63) is 28.7 Å². The van der Waals surface area contributed by atoms with Gasteiger partial charge in [-0.25, -0.2) is 9.78 Å². The first kappa shape index (κ1) is 16.4. The zero-order chi connectivity index (χ0) is 15.2. The van der Waals surface area contributed by atoms with E-state index in [2.05, 4.69) is 16.9 Å². The van der Waals surface area contributed by atoms with E-state index in [1.807, 2.05) is 0 Å². The Morgan fingerprint density at radius 1 is 1.60 bits per heavy atom. The smallest absolute Gasteiger partial charge is 0.395 e. The molecule has 0 fully saturated rings. The number of halogens is 3. The first-order chi connectivity index (χ1) is 9.38. The average molecular weight is 309 g/mol. The molecule has 0 saturated heterocycles. The third-order valence-corrected chi connectivity index (χ3v) is 3.09. The third-order valence-electron chi connectivity index (χ3n) is 2.24. The maximum Gasteiger partial charge on any atom is 0.434 e. The summed E-state index contributed by atoms with van der Waals surface area (Å²) in [5.41, 5.74) is -0.968. The van der Waals surface area contributed by atoms with Crippen LogP contribution in [-0.4, -0.2) is 40.7 Å². The lowest BCUT2D eigenvalue weighted by atomic mass is 10.5. The molecule has 1 aromatic rings. The largest absolute Gasteiger partial charge is 0.434 e. The molecule has 5 nitrogen and oxygen atoms in total. The number of thiazole rings is 1. The lowest BCUT2D eigenvalue weighted by molar-refractivity contribution is -0.140. The summed E-state index contributed by atoms with van der Waals surface area (Å²) in [5.74, 6) is 0. The van der Waals surface area contributed by atoms with Crippen LogP contribution in [0.2, 0.25) is 0 Å². The van der Waals surface area contributed by atoms with E-state index < -0.39 is 17.9 Å². The number of nitrogens with zero attached hydrogens (tertiary/aromatic N) is 2. The van der Waals surface area contributed by atoms with Gasteiger partial charge in [-0.1, -0.05) is 6.08 Å². The van der Waals surface area contributed by atoms with Crippen LogP contribution in [0.5, 0.6) is 0 Å². The highest BCUT2D eigenvalue weighted by Crippen LogP contribution is 2.29. The first-order valence-corrected chi connectivity index (χ1v) is 6.52. The molecule has 0 aromatic carbocycles. The summed E-state index contributed by atoms with van der Waals surface area (Å²) in [6.07, 6.45) is -3.00. The molecular weight excluding hydrogens is 295 g/mol. The van der Waals surface area contributed by atoms with Crippen molar-refractivity contribution in [3.8, 4) is 0 Å². The second-order valence-electron chi connectivity index (χ2n) is 3.74. The van der Waals surface area contributed by atoms with Crippen LogP contribution in [0.1, 0.15) is 10.7 Å². The highest BCUT2D eigenvalue weighted by molar-refractivity contribution is 7.09. The number of urea groups is 1. The maximum absolute atomic E-state index is 12.3. The van der Waals surface area contributed by atoms with Gasteiger partial charge in [-0.3, -0.25) is 0 Å². The summed E-state index contributed by atoms with van der Waals surface area (Å²) in [4.78, 5) is 16.4. The number of amides is 2. The number of alkyl halides is 3. The van der Waals surface area contributed by atoms with Gasteiger partial charge < -0.3 is 15.3 Å². The van der Waals surface area contributed by atoms with Gasteiger partial charge in [0.25, 0.3) is 0 Å². The number of aromatic nitrogens is 1. The van der Waals surface area contributed by atoms with Gasteiger partial charge >= 0.3 is 12.2 Å². The highest BCUT2D eigenvalue weighted by Gasteiger charge is 2.33. The van der Waals surface area contributed by atoms with Crippen molar-refractivity contribution < 1.29 is 23.1 Å². The van der Waals surface area contributed by atoms with Gasteiger partial charge in [-0.2, -0.15) is 13.2 Å². The Morgan fingerprint density at radius 2 is 2.30 bits per heavy atom. The van der Waals surface area contributed by atoms with Crippen molar-refractivity contribution in [2.75, 3.05) is 19.7 Å². The van der Waals surface area contributed by atoms with E-state index in [9.17, 15) is 18.0 Å².